The highest BCUT2D eigenvalue weighted by atomic mass is 35.5. The van der Waals surface area contributed by atoms with Gasteiger partial charge in [0.25, 0.3) is 5.91 Å². The summed E-state index contributed by atoms with van der Waals surface area (Å²) < 4.78 is 0. The minimum atomic E-state index is -0.0266. The highest BCUT2D eigenvalue weighted by Gasteiger charge is 2.20. The van der Waals surface area contributed by atoms with Crippen LogP contribution in [0.1, 0.15) is 23.2 Å². The quantitative estimate of drug-likeness (QED) is 0.788. The van der Waals surface area contributed by atoms with Crippen LogP contribution in [0, 0.1) is 0 Å². The standard InChI is InChI=1S/C11H12Cl2N2O/c12-8-5-7(6-9(13)10(8)14)11(16)15-3-1-2-4-15/h5-6H,1-4,14H2. The third-order valence-electron chi connectivity index (χ3n) is 2.72. The Bertz CT molecular complexity index is 405. The lowest BCUT2D eigenvalue weighted by molar-refractivity contribution is 0.0793. The van der Waals surface area contributed by atoms with Gasteiger partial charge in [0.15, 0.2) is 0 Å². The second-order valence-electron chi connectivity index (χ2n) is 3.85. The predicted molar refractivity (Wildman–Crippen MR) is 66.0 cm³/mol. The lowest BCUT2D eigenvalue weighted by atomic mass is 10.2. The van der Waals surface area contributed by atoms with Crippen LogP contribution in [-0.2, 0) is 0 Å². The molecule has 3 nitrogen and oxygen atoms in total. The fraction of sp³-hybridized carbons (Fsp3) is 0.364. The number of hydrogen-bond acceptors (Lipinski definition) is 2. The molecule has 5 heteroatoms. The van der Waals surface area contributed by atoms with E-state index in [0.29, 0.717) is 21.3 Å². The van der Waals surface area contributed by atoms with Gasteiger partial charge < -0.3 is 10.6 Å². The summed E-state index contributed by atoms with van der Waals surface area (Å²) in [5, 5.41) is 0.657. The second kappa shape index (κ2) is 4.52. The van der Waals surface area contributed by atoms with Crippen molar-refractivity contribution in [1.82, 2.24) is 4.90 Å². The molecule has 0 aliphatic carbocycles. The van der Waals surface area contributed by atoms with Gasteiger partial charge in [-0.1, -0.05) is 23.2 Å². The maximum atomic E-state index is 12.0. The summed E-state index contributed by atoms with van der Waals surface area (Å²) in [6, 6.07) is 3.15. The molecule has 1 aromatic rings. The topological polar surface area (TPSA) is 46.3 Å². The average Bonchev–Trinajstić information content (AvgIpc) is 2.77. The van der Waals surface area contributed by atoms with Crippen molar-refractivity contribution in [2.75, 3.05) is 18.8 Å². The normalized spacial score (nSPS) is 15.5. The maximum Gasteiger partial charge on any atom is 0.253 e. The number of carbonyl (C=O) groups is 1. The van der Waals surface area contributed by atoms with E-state index in [1.165, 1.54) is 0 Å². The van der Waals surface area contributed by atoms with Gasteiger partial charge in [-0.3, -0.25) is 4.79 Å². The molecule has 1 saturated heterocycles. The van der Waals surface area contributed by atoms with Crippen molar-refractivity contribution < 1.29 is 4.79 Å². The van der Waals surface area contributed by atoms with Crippen molar-refractivity contribution in [3.05, 3.63) is 27.7 Å². The van der Waals surface area contributed by atoms with Crippen LogP contribution in [0.2, 0.25) is 10.0 Å². The van der Waals surface area contributed by atoms with Crippen LogP contribution in [0.15, 0.2) is 12.1 Å². The highest BCUT2D eigenvalue weighted by molar-refractivity contribution is 6.39. The molecule has 0 unspecified atom stereocenters. The van der Waals surface area contributed by atoms with Crippen LogP contribution < -0.4 is 5.73 Å². The number of halogens is 2. The molecule has 1 fully saturated rings. The van der Waals surface area contributed by atoms with Gasteiger partial charge in [-0.2, -0.15) is 0 Å². The second-order valence-corrected chi connectivity index (χ2v) is 4.67. The van der Waals surface area contributed by atoms with E-state index >= 15 is 0 Å². The third-order valence-corrected chi connectivity index (χ3v) is 3.34. The van der Waals surface area contributed by atoms with E-state index in [2.05, 4.69) is 0 Å². The first-order valence-corrected chi connectivity index (χ1v) is 5.89. The molecule has 0 atom stereocenters. The Kier molecular flexibility index (Phi) is 3.26. The number of anilines is 1. The first-order valence-electron chi connectivity index (χ1n) is 5.13. The number of carbonyl (C=O) groups excluding carboxylic acids is 1. The number of hydrogen-bond donors (Lipinski definition) is 1. The Morgan fingerprint density at radius 2 is 1.69 bits per heavy atom. The number of likely N-dealkylation sites (tertiary alicyclic amines) is 1. The molecule has 1 aliphatic heterocycles. The van der Waals surface area contributed by atoms with Gasteiger partial charge in [-0.15, -0.1) is 0 Å². The SMILES string of the molecule is Nc1c(Cl)cc(C(=O)N2CCCC2)cc1Cl. The maximum absolute atomic E-state index is 12.0. The van der Waals surface area contributed by atoms with Crippen molar-refractivity contribution >= 4 is 34.8 Å². The van der Waals surface area contributed by atoms with Crippen LogP contribution in [0.5, 0.6) is 0 Å². The summed E-state index contributed by atoms with van der Waals surface area (Å²) in [5.74, 6) is -0.0266. The Labute approximate surface area is 104 Å². The molecule has 0 saturated carbocycles. The van der Waals surface area contributed by atoms with Gasteiger partial charge in [0, 0.05) is 18.7 Å². The fourth-order valence-electron chi connectivity index (χ4n) is 1.81. The number of nitrogen functional groups attached to an aromatic ring is 1. The molecule has 0 bridgehead atoms. The van der Waals surface area contributed by atoms with Gasteiger partial charge in [0.05, 0.1) is 15.7 Å². The molecule has 1 aromatic carbocycles. The van der Waals surface area contributed by atoms with Crippen molar-refractivity contribution in [3.8, 4) is 0 Å². The zero-order valence-corrected chi connectivity index (χ0v) is 10.2. The molecule has 86 valence electrons. The van der Waals surface area contributed by atoms with Crippen LogP contribution in [0.25, 0.3) is 0 Å². The summed E-state index contributed by atoms with van der Waals surface area (Å²) in [6.45, 7) is 1.61. The van der Waals surface area contributed by atoms with Gasteiger partial charge in [0.1, 0.15) is 0 Å². The van der Waals surface area contributed by atoms with Crippen molar-refractivity contribution in [1.29, 1.82) is 0 Å². The van der Waals surface area contributed by atoms with E-state index < -0.39 is 0 Å². The summed E-state index contributed by atoms with van der Waals surface area (Å²) >= 11 is 11.8. The summed E-state index contributed by atoms with van der Waals surface area (Å²) in [7, 11) is 0. The molecule has 1 heterocycles. The lowest BCUT2D eigenvalue weighted by Crippen LogP contribution is -2.27. The van der Waals surface area contributed by atoms with Gasteiger partial charge in [0.2, 0.25) is 0 Å². The number of nitrogens with two attached hydrogens (primary N) is 1. The Morgan fingerprint density at radius 1 is 1.19 bits per heavy atom. The minimum absolute atomic E-state index is 0.0266. The Morgan fingerprint density at radius 3 is 2.19 bits per heavy atom. The summed E-state index contributed by atoms with van der Waals surface area (Å²) in [6.07, 6.45) is 2.12. The van der Waals surface area contributed by atoms with Gasteiger partial charge >= 0.3 is 0 Å². The molecular formula is C11H12Cl2N2O. The molecular weight excluding hydrogens is 247 g/mol. The minimum Gasteiger partial charge on any atom is -0.396 e. The van der Waals surface area contributed by atoms with E-state index in [1.807, 2.05) is 0 Å². The fourth-order valence-corrected chi connectivity index (χ4v) is 2.30. The zero-order valence-electron chi connectivity index (χ0n) is 8.67. The Balaban J connectivity index is 2.29. The number of rotatable bonds is 1. The zero-order chi connectivity index (χ0) is 11.7. The van der Waals surface area contributed by atoms with E-state index in [-0.39, 0.29) is 5.91 Å². The van der Waals surface area contributed by atoms with E-state index in [4.69, 9.17) is 28.9 Å². The average molecular weight is 259 g/mol. The van der Waals surface area contributed by atoms with E-state index in [9.17, 15) is 4.79 Å². The summed E-state index contributed by atoms with van der Waals surface area (Å²) in [5.41, 5.74) is 6.44. The Hall–Kier alpha value is -0.930. The molecule has 1 amide bonds. The van der Waals surface area contributed by atoms with Gasteiger partial charge in [-0.05, 0) is 25.0 Å². The van der Waals surface area contributed by atoms with Crippen LogP contribution >= 0.6 is 23.2 Å². The van der Waals surface area contributed by atoms with Crippen molar-refractivity contribution in [2.45, 2.75) is 12.8 Å². The first-order chi connectivity index (χ1) is 7.59. The monoisotopic (exact) mass is 258 g/mol. The van der Waals surface area contributed by atoms with E-state index in [1.54, 1.807) is 17.0 Å². The van der Waals surface area contributed by atoms with E-state index in [0.717, 1.165) is 25.9 Å². The molecule has 1 aliphatic rings. The summed E-state index contributed by atoms with van der Waals surface area (Å²) in [4.78, 5) is 13.8. The largest absolute Gasteiger partial charge is 0.396 e. The number of benzene rings is 1. The van der Waals surface area contributed by atoms with Crippen LogP contribution in [0.4, 0.5) is 5.69 Å². The van der Waals surface area contributed by atoms with Gasteiger partial charge in [-0.25, -0.2) is 0 Å². The third kappa shape index (κ3) is 2.11. The first kappa shape index (κ1) is 11.6. The molecule has 0 aromatic heterocycles. The van der Waals surface area contributed by atoms with Crippen molar-refractivity contribution in [2.24, 2.45) is 0 Å². The van der Waals surface area contributed by atoms with Crippen LogP contribution in [0.3, 0.4) is 0 Å². The predicted octanol–water partition coefficient (Wildman–Crippen LogP) is 2.81. The molecule has 0 spiro atoms. The highest BCUT2D eigenvalue weighted by Crippen LogP contribution is 2.29. The molecule has 0 radical (unpaired) electrons. The number of amides is 1. The lowest BCUT2D eigenvalue weighted by Gasteiger charge is -2.16. The molecule has 16 heavy (non-hydrogen) atoms. The molecule has 2 N–H and O–H groups in total. The van der Waals surface area contributed by atoms with Crippen molar-refractivity contribution in [3.63, 3.8) is 0 Å². The smallest absolute Gasteiger partial charge is 0.253 e. The van der Waals surface area contributed by atoms with Crippen LogP contribution in [-0.4, -0.2) is 23.9 Å². The molecule has 2 rings (SSSR count). The number of nitrogens with zero attached hydrogens (tertiary/aromatic N) is 1.